The van der Waals surface area contributed by atoms with Gasteiger partial charge in [0.1, 0.15) is 5.60 Å². The first-order valence-electron chi connectivity index (χ1n) is 8.80. The lowest BCUT2D eigenvalue weighted by Crippen LogP contribution is -2.46. The Morgan fingerprint density at radius 1 is 1.24 bits per heavy atom. The zero-order chi connectivity index (χ0) is 18.4. The summed E-state index contributed by atoms with van der Waals surface area (Å²) in [5.74, 6) is 0. The molecule has 1 aromatic heterocycles. The molecule has 1 aromatic carbocycles. The Bertz CT molecular complexity index is 795. The summed E-state index contributed by atoms with van der Waals surface area (Å²) in [5.41, 5.74) is 0.862. The van der Waals surface area contributed by atoms with Crippen LogP contribution in [0.25, 0.3) is 10.1 Å². The number of hydrogen-bond donors (Lipinski definition) is 1. The first-order valence-corrected chi connectivity index (χ1v) is 9.61. The second-order valence-electron chi connectivity index (χ2n) is 7.99. The van der Waals surface area contributed by atoms with E-state index in [4.69, 9.17) is 4.74 Å². The molecular formula is C20H27NO3S. The molecule has 136 valence electrons. The van der Waals surface area contributed by atoms with Crippen molar-refractivity contribution in [3.05, 3.63) is 34.2 Å². The molecule has 1 aliphatic rings. The highest BCUT2D eigenvalue weighted by Gasteiger charge is 2.37. The van der Waals surface area contributed by atoms with E-state index in [0.29, 0.717) is 25.9 Å². The topological polar surface area (TPSA) is 49.8 Å². The number of thiophene rings is 1. The Hall–Kier alpha value is -1.59. The van der Waals surface area contributed by atoms with Crippen LogP contribution in [0.4, 0.5) is 4.79 Å². The molecule has 0 atom stereocenters. The van der Waals surface area contributed by atoms with Gasteiger partial charge in [-0.3, -0.25) is 0 Å². The minimum atomic E-state index is -0.880. The van der Waals surface area contributed by atoms with E-state index < -0.39 is 11.2 Å². The zero-order valence-corrected chi connectivity index (χ0v) is 16.5. The molecule has 0 aliphatic carbocycles. The fraction of sp³-hybridized carbons (Fsp3) is 0.550. The SMILES string of the molecule is Cc1sc2ccc(C3(O)CCN(C(=O)OC(C)(C)C)CC3)cc2c1C. The molecule has 2 aromatic rings. The van der Waals surface area contributed by atoms with Gasteiger partial charge >= 0.3 is 6.09 Å². The molecule has 5 heteroatoms. The van der Waals surface area contributed by atoms with Crippen LogP contribution in [0.2, 0.25) is 0 Å². The van der Waals surface area contributed by atoms with Crippen molar-refractivity contribution in [1.29, 1.82) is 0 Å². The number of benzene rings is 1. The van der Waals surface area contributed by atoms with Gasteiger partial charge in [0.25, 0.3) is 0 Å². The highest BCUT2D eigenvalue weighted by atomic mass is 32.1. The van der Waals surface area contributed by atoms with Crippen LogP contribution >= 0.6 is 11.3 Å². The Labute approximate surface area is 153 Å². The maximum atomic E-state index is 12.2. The number of rotatable bonds is 1. The quantitative estimate of drug-likeness (QED) is 0.798. The summed E-state index contributed by atoms with van der Waals surface area (Å²) >= 11 is 1.79. The smallest absolute Gasteiger partial charge is 0.410 e. The highest BCUT2D eigenvalue weighted by molar-refractivity contribution is 7.19. The molecule has 1 N–H and O–H groups in total. The molecule has 25 heavy (non-hydrogen) atoms. The highest BCUT2D eigenvalue weighted by Crippen LogP contribution is 2.37. The number of amides is 1. The lowest BCUT2D eigenvalue weighted by molar-refractivity contribution is -0.0355. The van der Waals surface area contributed by atoms with Crippen LogP contribution in [-0.4, -0.2) is 34.8 Å². The standard InChI is InChI=1S/C20H27NO3S/c1-13-14(2)25-17-7-6-15(12-16(13)17)20(23)8-10-21(11-9-20)18(22)24-19(3,4)5/h6-7,12,23H,8-11H2,1-5H3. The molecule has 4 nitrogen and oxygen atoms in total. The predicted molar refractivity (Wildman–Crippen MR) is 102 cm³/mol. The molecule has 1 aliphatic heterocycles. The second kappa shape index (κ2) is 6.29. The number of hydrogen-bond acceptors (Lipinski definition) is 4. The van der Waals surface area contributed by atoms with Crippen LogP contribution < -0.4 is 0 Å². The summed E-state index contributed by atoms with van der Waals surface area (Å²) in [6, 6.07) is 6.26. The Morgan fingerprint density at radius 2 is 1.88 bits per heavy atom. The average molecular weight is 362 g/mol. The van der Waals surface area contributed by atoms with E-state index >= 15 is 0 Å². The monoisotopic (exact) mass is 361 g/mol. The van der Waals surface area contributed by atoms with Gasteiger partial charge in [0, 0.05) is 22.7 Å². The van der Waals surface area contributed by atoms with Gasteiger partial charge in [-0.15, -0.1) is 11.3 Å². The van der Waals surface area contributed by atoms with Gasteiger partial charge in [-0.25, -0.2) is 4.79 Å². The molecule has 1 saturated heterocycles. The molecule has 3 rings (SSSR count). The van der Waals surface area contributed by atoms with Crippen molar-refractivity contribution in [2.45, 2.75) is 58.7 Å². The van der Waals surface area contributed by atoms with Crippen molar-refractivity contribution < 1.29 is 14.6 Å². The van der Waals surface area contributed by atoms with Crippen molar-refractivity contribution in [1.82, 2.24) is 4.90 Å². The largest absolute Gasteiger partial charge is 0.444 e. The summed E-state index contributed by atoms with van der Waals surface area (Å²) in [6.45, 7) is 10.9. The maximum Gasteiger partial charge on any atom is 0.410 e. The number of ether oxygens (including phenoxy) is 1. The minimum Gasteiger partial charge on any atom is -0.444 e. The third kappa shape index (κ3) is 3.67. The first kappa shape index (κ1) is 18.2. The minimum absolute atomic E-state index is 0.297. The summed E-state index contributed by atoms with van der Waals surface area (Å²) in [4.78, 5) is 15.2. The molecule has 2 heterocycles. The van der Waals surface area contributed by atoms with Crippen LogP contribution in [0.3, 0.4) is 0 Å². The third-order valence-corrected chi connectivity index (χ3v) is 6.14. The van der Waals surface area contributed by atoms with Gasteiger partial charge in [0.05, 0.1) is 5.60 Å². The zero-order valence-electron chi connectivity index (χ0n) is 15.7. The molecule has 1 amide bonds. The van der Waals surface area contributed by atoms with E-state index in [-0.39, 0.29) is 6.09 Å². The molecule has 1 fully saturated rings. The van der Waals surface area contributed by atoms with Gasteiger partial charge in [-0.1, -0.05) is 6.07 Å². The number of likely N-dealkylation sites (tertiary alicyclic amines) is 1. The fourth-order valence-electron chi connectivity index (χ4n) is 3.31. The van der Waals surface area contributed by atoms with Crippen LogP contribution in [-0.2, 0) is 10.3 Å². The van der Waals surface area contributed by atoms with Crippen LogP contribution in [0.15, 0.2) is 18.2 Å². The van der Waals surface area contributed by atoms with Gasteiger partial charge in [-0.2, -0.15) is 0 Å². The van der Waals surface area contributed by atoms with Crippen LogP contribution in [0.5, 0.6) is 0 Å². The number of carbonyl (C=O) groups is 1. The molecule has 0 bridgehead atoms. The third-order valence-electron chi connectivity index (χ3n) is 4.95. The van der Waals surface area contributed by atoms with Gasteiger partial charge in [0.2, 0.25) is 0 Å². The second-order valence-corrected chi connectivity index (χ2v) is 9.25. The summed E-state index contributed by atoms with van der Waals surface area (Å²) in [6.07, 6.45) is 0.758. The van der Waals surface area contributed by atoms with E-state index in [1.54, 1.807) is 16.2 Å². The molecule has 0 saturated carbocycles. The van der Waals surface area contributed by atoms with Crippen molar-refractivity contribution >= 4 is 27.5 Å². The number of nitrogens with zero attached hydrogens (tertiary/aromatic N) is 1. The Kier molecular flexibility index (Phi) is 4.58. The average Bonchev–Trinajstić information content (AvgIpc) is 2.81. The van der Waals surface area contributed by atoms with E-state index in [1.807, 2.05) is 26.8 Å². The normalized spacial score (nSPS) is 17.8. The Balaban J connectivity index is 1.76. The number of aliphatic hydroxyl groups is 1. The van der Waals surface area contributed by atoms with Gasteiger partial charge < -0.3 is 14.7 Å². The van der Waals surface area contributed by atoms with E-state index in [0.717, 1.165) is 5.56 Å². The van der Waals surface area contributed by atoms with E-state index in [1.165, 1.54) is 20.5 Å². The molecule has 0 spiro atoms. The first-order chi connectivity index (χ1) is 11.6. The van der Waals surface area contributed by atoms with Crippen molar-refractivity contribution in [3.8, 4) is 0 Å². The molecular weight excluding hydrogens is 334 g/mol. The van der Waals surface area contributed by atoms with Crippen molar-refractivity contribution in [2.24, 2.45) is 0 Å². The van der Waals surface area contributed by atoms with Crippen molar-refractivity contribution in [2.75, 3.05) is 13.1 Å². The predicted octanol–water partition coefficient (Wildman–Crippen LogP) is 4.74. The number of piperidine rings is 1. The maximum absolute atomic E-state index is 12.2. The lowest BCUT2D eigenvalue weighted by atomic mass is 9.84. The summed E-state index contributed by atoms with van der Waals surface area (Å²) < 4.78 is 6.69. The number of fused-ring (bicyclic) bond motifs is 1. The molecule has 0 unspecified atom stereocenters. The summed E-state index contributed by atoms with van der Waals surface area (Å²) in [5, 5.41) is 12.4. The van der Waals surface area contributed by atoms with Crippen molar-refractivity contribution in [3.63, 3.8) is 0 Å². The van der Waals surface area contributed by atoms with Crippen LogP contribution in [0.1, 0.15) is 49.6 Å². The lowest BCUT2D eigenvalue weighted by Gasteiger charge is -2.39. The van der Waals surface area contributed by atoms with Gasteiger partial charge in [-0.05, 0) is 76.1 Å². The Morgan fingerprint density at radius 3 is 2.48 bits per heavy atom. The molecule has 0 radical (unpaired) electrons. The number of aryl methyl sites for hydroxylation is 2. The number of carbonyl (C=O) groups excluding carboxylic acids is 1. The summed E-state index contributed by atoms with van der Waals surface area (Å²) in [7, 11) is 0. The van der Waals surface area contributed by atoms with E-state index in [9.17, 15) is 9.90 Å². The van der Waals surface area contributed by atoms with Crippen LogP contribution in [0, 0.1) is 13.8 Å². The van der Waals surface area contributed by atoms with E-state index in [2.05, 4.69) is 26.0 Å². The fourth-order valence-corrected chi connectivity index (χ4v) is 4.36. The van der Waals surface area contributed by atoms with Gasteiger partial charge in [0.15, 0.2) is 0 Å².